The second-order valence-corrected chi connectivity index (χ2v) is 8.03. The van der Waals surface area contributed by atoms with Crippen molar-refractivity contribution in [3.8, 4) is 0 Å². The van der Waals surface area contributed by atoms with E-state index >= 15 is 0 Å². The summed E-state index contributed by atoms with van der Waals surface area (Å²) >= 11 is 0. The van der Waals surface area contributed by atoms with Crippen molar-refractivity contribution in [3.63, 3.8) is 0 Å². The lowest BCUT2D eigenvalue weighted by Gasteiger charge is -2.22. The van der Waals surface area contributed by atoms with Crippen molar-refractivity contribution in [2.45, 2.75) is 64.3 Å². The normalized spacial score (nSPS) is 26.3. The first kappa shape index (κ1) is 22.4. The molecule has 1 aromatic heterocycles. The molecule has 1 saturated heterocycles. The first-order chi connectivity index (χ1) is 13.0. The first-order valence-electron chi connectivity index (χ1n) is 8.72. The van der Waals surface area contributed by atoms with Crippen molar-refractivity contribution in [1.82, 2.24) is 14.6 Å². The quantitative estimate of drug-likeness (QED) is 0.474. The second-order valence-electron chi connectivity index (χ2n) is 7.00. The lowest BCUT2D eigenvalue weighted by atomic mass is 10.0. The molecule has 0 aromatic carbocycles. The molecular formula is C16H24FN3O7P+. The van der Waals surface area contributed by atoms with Gasteiger partial charge >= 0.3 is 19.8 Å². The Hall–Kier alpha value is -1.94. The van der Waals surface area contributed by atoms with E-state index in [-0.39, 0.29) is 19.1 Å². The third-order valence-corrected chi connectivity index (χ3v) is 4.93. The van der Waals surface area contributed by atoms with Crippen LogP contribution in [0.4, 0.5) is 4.39 Å². The van der Waals surface area contributed by atoms with Gasteiger partial charge in [-0.1, -0.05) is 5.09 Å². The number of halogens is 1. The molecule has 28 heavy (non-hydrogen) atoms. The van der Waals surface area contributed by atoms with Crippen LogP contribution in [0.3, 0.4) is 0 Å². The number of nitrogens with zero attached hydrogens (tertiary/aromatic N) is 1. The molecular weight excluding hydrogens is 396 g/mol. The number of ether oxygens (including phenoxy) is 2. The lowest BCUT2D eigenvalue weighted by molar-refractivity contribution is -0.149. The summed E-state index contributed by atoms with van der Waals surface area (Å²) in [7, 11) is -2.42. The fourth-order valence-electron chi connectivity index (χ4n) is 2.72. The van der Waals surface area contributed by atoms with Crippen LogP contribution < -0.4 is 16.3 Å². The lowest BCUT2D eigenvalue weighted by Crippen LogP contribution is -2.38. The number of aromatic nitrogens is 2. The number of esters is 1. The number of hydrogen-bond donors (Lipinski definition) is 2. The van der Waals surface area contributed by atoms with Gasteiger partial charge in [-0.05, 0) is 32.3 Å². The number of alkyl halides is 1. The van der Waals surface area contributed by atoms with E-state index in [2.05, 4.69) is 5.09 Å². The van der Waals surface area contributed by atoms with Gasteiger partial charge in [0.25, 0.3) is 5.56 Å². The third kappa shape index (κ3) is 5.78. The number of aromatic amines is 1. The third-order valence-electron chi connectivity index (χ3n) is 3.95. The minimum Gasteiger partial charge on any atom is -0.462 e. The number of rotatable bonds is 8. The maximum Gasteiger partial charge on any atom is 0.613 e. The zero-order valence-corrected chi connectivity index (χ0v) is 16.9. The van der Waals surface area contributed by atoms with Gasteiger partial charge in [-0.15, -0.1) is 4.52 Å². The highest BCUT2D eigenvalue weighted by molar-refractivity contribution is 7.36. The molecule has 2 N–H and O–H groups in total. The summed E-state index contributed by atoms with van der Waals surface area (Å²) < 4.78 is 43.4. The number of carbonyl (C=O) groups excluding carboxylic acids is 1. The zero-order chi connectivity index (χ0) is 21.1. The van der Waals surface area contributed by atoms with Gasteiger partial charge in [0.05, 0.1) is 12.2 Å². The highest BCUT2D eigenvalue weighted by Crippen LogP contribution is 2.40. The van der Waals surface area contributed by atoms with Gasteiger partial charge < -0.3 is 9.47 Å². The van der Waals surface area contributed by atoms with E-state index in [1.165, 1.54) is 13.8 Å². The van der Waals surface area contributed by atoms with E-state index in [9.17, 15) is 23.3 Å². The largest absolute Gasteiger partial charge is 0.613 e. The maximum absolute atomic E-state index is 14.9. The van der Waals surface area contributed by atoms with Gasteiger partial charge in [-0.3, -0.25) is 19.1 Å². The number of nitrogens with one attached hydrogen (secondary N) is 2. The summed E-state index contributed by atoms with van der Waals surface area (Å²) in [5, 5.41) is 2.46. The molecule has 1 fully saturated rings. The Morgan fingerprint density at radius 2 is 2.18 bits per heavy atom. The Morgan fingerprint density at radius 3 is 2.79 bits per heavy atom. The van der Waals surface area contributed by atoms with Crippen molar-refractivity contribution >= 4 is 14.1 Å². The summed E-state index contributed by atoms with van der Waals surface area (Å²) in [6.45, 7) is 5.90. The Bertz CT molecular complexity index is 838. The second kappa shape index (κ2) is 9.04. The number of H-pyrrole nitrogens is 1. The molecule has 0 radical (unpaired) electrons. The summed E-state index contributed by atoms with van der Waals surface area (Å²) in [4.78, 5) is 36.8. The summed E-state index contributed by atoms with van der Waals surface area (Å²) in [6, 6.07) is 0.234. The molecule has 1 aliphatic rings. The molecule has 0 saturated carbocycles. The fourth-order valence-corrected chi connectivity index (χ4v) is 3.52. The average molecular weight is 420 g/mol. The standard InChI is InChI=1S/C16H23FN3O7P/c1-9(2)26-13(22)10(3)19-28(24)25-8-11-7-16(4,17)14(27-11)20-6-5-12(21)18-15(20)23/h5-6,9-11,14H,7-8H2,1-4H3,(H-,18,19,21,23,24)/p+1/t10-,11?,14+,16+/m0/s1. The predicted octanol–water partition coefficient (Wildman–Crippen LogP) is 1.16. The molecule has 0 aliphatic carbocycles. The molecule has 0 bridgehead atoms. The number of hydrogen-bond acceptors (Lipinski definition) is 7. The summed E-state index contributed by atoms with van der Waals surface area (Å²) in [5.74, 6) is -0.576. The van der Waals surface area contributed by atoms with Gasteiger partial charge in [0.2, 0.25) is 0 Å². The zero-order valence-electron chi connectivity index (χ0n) is 16.0. The van der Waals surface area contributed by atoms with Crippen LogP contribution in [0, 0.1) is 0 Å². The van der Waals surface area contributed by atoms with Gasteiger partial charge in [0.1, 0.15) is 12.6 Å². The van der Waals surface area contributed by atoms with Crippen LogP contribution in [0.1, 0.15) is 40.3 Å². The number of carbonyl (C=O) groups is 1. The topological polar surface area (TPSA) is 129 Å². The molecule has 2 rings (SSSR count). The molecule has 156 valence electrons. The van der Waals surface area contributed by atoms with Crippen molar-refractivity contribution in [2.75, 3.05) is 6.61 Å². The van der Waals surface area contributed by atoms with Crippen molar-refractivity contribution in [2.24, 2.45) is 0 Å². The minimum atomic E-state index is -2.42. The predicted molar refractivity (Wildman–Crippen MR) is 96.7 cm³/mol. The summed E-state index contributed by atoms with van der Waals surface area (Å²) in [6.07, 6.45) is -1.32. The molecule has 2 unspecified atom stereocenters. The Labute approximate surface area is 161 Å². The molecule has 0 spiro atoms. The average Bonchev–Trinajstić information content (AvgIpc) is 2.87. The molecule has 2 heterocycles. The Kier molecular flexibility index (Phi) is 7.22. The molecule has 10 nitrogen and oxygen atoms in total. The van der Waals surface area contributed by atoms with Gasteiger partial charge in [-0.2, -0.15) is 0 Å². The monoisotopic (exact) mass is 420 g/mol. The van der Waals surface area contributed by atoms with Gasteiger partial charge in [-0.25, -0.2) is 9.18 Å². The van der Waals surface area contributed by atoms with Crippen molar-refractivity contribution in [3.05, 3.63) is 33.1 Å². The highest BCUT2D eigenvalue weighted by Gasteiger charge is 2.48. The molecule has 1 aliphatic heterocycles. The van der Waals surface area contributed by atoms with E-state index in [1.807, 2.05) is 4.98 Å². The van der Waals surface area contributed by atoms with E-state index in [0.29, 0.717) is 0 Å². The van der Waals surface area contributed by atoms with Crippen LogP contribution in [0.5, 0.6) is 0 Å². The molecule has 5 atom stereocenters. The van der Waals surface area contributed by atoms with E-state index in [1.54, 1.807) is 13.8 Å². The molecule has 12 heteroatoms. The van der Waals surface area contributed by atoms with E-state index in [0.717, 1.165) is 16.8 Å². The minimum absolute atomic E-state index is 0.114. The van der Waals surface area contributed by atoms with Crippen LogP contribution in [0.2, 0.25) is 0 Å². The molecule has 0 amide bonds. The van der Waals surface area contributed by atoms with E-state index < -0.39 is 49.4 Å². The highest BCUT2D eigenvalue weighted by atomic mass is 31.1. The van der Waals surface area contributed by atoms with E-state index in [4.69, 9.17) is 14.0 Å². The first-order valence-corrected chi connectivity index (χ1v) is 9.90. The van der Waals surface area contributed by atoms with Crippen LogP contribution >= 0.6 is 8.18 Å². The molecule has 1 aromatic rings. The van der Waals surface area contributed by atoms with Gasteiger partial charge in [0, 0.05) is 18.7 Å². The van der Waals surface area contributed by atoms with Crippen LogP contribution in [-0.2, 0) is 23.4 Å². The SMILES string of the molecule is CC(C)OC(=O)[C@H](C)N[P+](=O)OCC1C[C@@](C)(F)[C@H](n2ccc(=O)[nH]c2=O)O1. The summed E-state index contributed by atoms with van der Waals surface area (Å²) in [5.41, 5.74) is -3.31. The van der Waals surface area contributed by atoms with Gasteiger partial charge in [0.15, 0.2) is 11.9 Å². The van der Waals surface area contributed by atoms with Crippen LogP contribution in [-0.4, -0.2) is 46.0 Å². The van der Waals surface area contributed by atoms with Crippen molar-refractivity contribution < 1.29 is 27.7 Å². The van der Waals surface area contributed by atoms with Crippen LogP contribution in [0.15, 0.2) is 21.9 Å². The van der Waals surface area contributed by atoms with Crippen LogP contribution in [0.25, 0.3) is 0 Å². The smallest absolute Gasteiger partial charge is 0.462 e. The maximum atomic E-state index is 14.9. The Morgan fingerprint density at radius 1 is 1.50 bits per heavy atom. The van der Waals surface area contributed by atoms with Crippen molar-refractivity contribution in [1.29, 1.82) is 0 Å². The Balaban J connectivity index is 1.92. The fraction of sp³-hybridized carbons (Fsp3) is 0.688.